The van der Waals surface area contributed by atoms with Crippen LogP contribution >= 0.6 is 0 Å². The number of amides is 1. The molecule has 1 amide bonds. The fourth-order valence-electron chi connectivity index (χ4n) is 2.12. The van der Waals surface area contributed by atoms with Gasteiger partial charge in [-0.3, -0.25) is 4.79 Å². The molecule has 1 atom stereocenters. The van der Waals surface area contributed by atoms with Gasteiger partial charge in [0.05, 0.1) is 6.04 Å². The molecule has 0 saturated carbocycles. The largest absolute Gasteiger partial charge is 0.325 e. The van der Waals surface area contributed by atoms with Gasteiger partial charge in [-0.2, -0.15) is 0 Å². The monoisotopic (exact) mass is 261 g/mol. The molecule has 4 nitrogen and oxygen atoms in total. The van der Waals surface area contributed by atoms with Crippen LogP contribution in [0.4, 0.5) is 5.69 Å². The first-order chi connectivity index (χ1) is 8.97. The lowest BCUT2D eigenvalue weighted by Crippen LogP contribution is -2.54. The van der Waals surface area contributed by atoms with Crippen LogP contribution in [0.5, 0.6) is 0 Å². The van der Waals surface area contributed by atoms with Gasteiger partial charge in [0.15, 0.2) is 0 Å². The molecule has 3 N–H and O–H groups in total. The molecular formula is C15H23N3O. The van der Waals surface area contributed by atoms with E-state index in [1.54, 1.807) is 0 Å². The molecule has 1 aromatic rings. The zero-order valence-electron chi connectivity index (χ0n) is 11.9. The first-order valence-electron chi connectivity index (χ1n) is 6.82. The molecule has 1 saturated heterocycles. The summed E-state index contributed by atoms with van der Waals surface area (Å²) in [7, 11) is 0. The number of carbonyl (C=O) groups is 1. The van der Waals surface area contributed by atoms with Gasteiger partial charge >= 0.3 is 0 Å². The molecule has 1 aliphatic rings. The summed E-state index contributed by atoms with van der Waals surface area (Å²) in [6, 6.07) is 7.93. The van der Waals surface area contributed by atoms with E-state index in [0.717, 1.165) is 18.8 Å². The Kier molecular flexibility index (Phi) is 4.22. The summed E-state index contributed by atoms with van der Waals surface area (Å²) < 4.78 is 0. The highest BCUT2D eigenvalue weighted by Crippen LogP contribution is 2.23. The van der Waals surface area contributed by atoms with Gasteiger partial charge in [0.1, 0.15) is 0 Å². The number of benzene rings is 1. The van der Waals surface area contributed by atoms with E-state index in [1.807, 2.05) is 12.1 Å². The Bertz CT molecular complexity index is 428. The second kappa shape index (κ2) is 5.72. The summed E-state index contributed by atoms with van der Waals surface area (Å²) in [6.07, 6.45) is 0. The van der Waals surface area contributed by atoms with Crippen molar-refractivity contribution in [3.05, 3.63) is 29.8 Å². The number of hydrogen-bond acceptors (Lipinski definition) is 3. The lowest BCUT2D eigenvalue weighted by Gasteiger charge is -2.24. The molecule has 4 heteroatoms. The van der Waals surface area contributed by atoms with Gasteiger partial charge < -0.3 is 16.0 Å². The van der Waals surface area contributed by atoms with E-state index < -0.39 is 0 Å². The summed E-state index contributed by atoms with van der Waals surface area (Å²) in [5.41, 5.74) is 2.26. The summed E-state index contributed by atoms with van der Waals surface area (Å²) in [5, 5.41) is 9.36. The van der Waals surface area contributed by atoms with Gasteiger partial charge in [0.2, 0.25) is 5.91 Å². The molecule has 0 aromatic heterocycles. The third kappa shape index (κ3) is 3.78. The third-order valence-corrected chi connectivity index (χ3v) is 3.38. The van der Waals surface area contributed by atoms with Crippen LogP contribution in [0.3, 0.4) is 0 Å². The second-order valence-corrected chi connectivity index (χ2v) is 6.03. The van der Waals surface area contributed by atoms with E-state index in [1.165, 1.54) is 5.56 Å². The average Bonchev–Trinajstić information content (AvgIpc) is 2.39. The molecule has 1 heterocycles. The highest BCUT2D eigenvalue weighted by atomic mass is 16.2. The lowest BCUT2D eigenvalue weighted by molar-refractivity contribution is -0.118. The highest BCUT2D eigenvalue weighted by molar-refractivity contribution is 5.95. The van der Waals surface area contributed by atoms with Gasteiger partial charge in [0, 0.05) is 25.3 Å². The predicted octanol–water partition coefficient (Wildman–Crippen LogP) is 1.48. The van der Waals surface area contributed by atoms with E-state index >= 15 is 0 Å². The number of carbonyl (C=O) groups excluding carboxylic acids is 1. The van der Waals surface area contributed by atoms with Crippen LogP contribution in [0, 0.1) is 0 Å². The van der Waals surface area contributed by atoms with E-state index in [-0.39, 0.29) is 17.4 Å². The van der Waals surface area contributed by atoms with Gasteiger partial charge in [-0.25, -0.2) is 0 Å². The van der Waals surface area contributed by atoms with Gasteiger partial charge in [-0.05, 0) is 23.1 Å². The number of piperazine rings is 1. The SMILES string of the molecule is CC(C)(C)c1ccc(NC(=O)C2CNCCN2)cc1. The smallest absolute Gasteiger partial charge is 0.242 e. The number of anilines is 1. The van der Waals surface area contributed by atoms with Crippen LogP contribution in [-0.4, -0.2) is 31.6 Å². The van der Waals surface area contributed by atoms with Crippen molar-refractivity contribution >= 4 is 11.6 Å². The summed E-state index contributed by atoms with van der Waals surface area (Å²) in [5.74, 6) is 0.0238. The van der Waals surface area contributed by atoms with Crippen LogP contribution in [0.1, 0.15) is 26.3 Å². The molecule has 1 fully saturated rings. The van der Waals surface area contributed by atoms with E-state index in [4.69, 9.17) is 0 Å². The first-order valence-corrected chi connectivity index (χ1v) is 6.82. The minimum absolute atomic E-state index is 0.0238. The zero-order valence-corrected chi connectivity index (χ0v) is 11.9. The third-order valence-electron chi connectivity index (χ3n) is 3.38. The van der Waals surface area contributed by atoms with Crippen LogP contribution < -0.4 is 16.0 Å². The van der Waals surface area contributed by atoms with E-state index in [2.05, 4.69) is 48.9 Å². The molecule has 0 spiro atoms. The second-order valence-electron chi connectivity index (χ2n) is 6.03. The predicted molar refractivity (Wildman–Crippen MR) is 78.4 cm³/mol. The Morgan fingerprint density at radius 2 is 1.89 bits per heavy atom. The molecule has 1 aliphatic heterocycles. The molecule has 2 rings (SSSR count). The fourth-order valence-corrected chi connectivity index (χ4v) is 2.12. The standard InChI is InChI=1S/C15H23N3O/c1-15(2,3)11-4-6-12(7-5-11)18-14(19)13-10-16-8-9-17-13/h4-7,13,16-17H,8-10H2,1-3H3,(H,18,19). The van der Waals surface area contributed by atoms with E-state index in [0.29, 0.717) is 6.54 Å². The van der Waals surface area contributed by atoms with Crippen molar-refractivity contribution in [1.29, 1.82) is 0 Å². The maximum absolute atomic E-state index is 12.0. The Morgan fingerprint density at radius 1 is 1.21 bits per heavy atom. The van der Waals surface area contributed by atoms with Crippen molar-refractivity contribution in [3.8, 4) is 0 Å². The van der Waals surface area contributed by atoms with Crippen LogP contribution in [0.25, 0.3) is 0 Å². The molecule has 0 bridgehead atoms. The molecule has 0 radical (unpaired) electrons. The van der Waals surface area contributed by atoms with Crippen molar-refractivity contribution in [1.82, 2.24) is 10.6 Å². The summed E-state index contributed by atoms with van der Waals surface area (Å²) in [6.45, 7) is 8.98. The first kappa shape index (κ1) is 14.0. The molecular weight excluding hydrogens is 238 g/mol. The zero-order chi connectivity index (χ0) is 13.9. The maximum Gasteiger partial charge on any atom is 0.242 e. The Morgan fingerprint density at radius 3 is 2.42 bits per heavy atom. The number of nitrogens with one attached hydrogen (secondary N) is 3. The Balaban J connectivity index is 1.97. The Labute approximate surface area is 115 Å². The van der Waals surface area contributed by atoms with Crippen LogP contribution in [0.15, 0.2) is 24.3 Å². The highest BCUT2D eigenvalue weighted by Gasteiger charge is 2.20. The Hall–Kier alpha value is -1.39. The molecule has 0 aliphatic carbocycles. The quantitative estimate of drug-likeness (QED) is 0.756. The van der Waals surface area contributed by atoms with E-state index in [9.17, 15) is 4.79 Å². The summed E-state index contributed by atoms with van der Waals surface area (Å²) >= 11 is 0. The van der Waals surface area contributed by atoms with Gasteiger partial charge in [0.25, 0.3) is 0 Å². The van der Waals surface area contributed by atoms with Crippen molar-refractivity contribution in [2.75, 3.05) is 25.0 Å². The van der Waals surface area contributed by atoms with Gasteiger partial charge in [-0.1, -0.05) is 32.9 Å². The normalized spacial score (nSPS) is 20.1. The lowest BCUT2D eigenvalue weighted by atomic mass is 9.87. The van der Waals surface area contributed by atoms with Crippen molar-refractivity contribution in [2.24, 2.45) is 0 Å². The topological polar surface area (TPSA) is 53.2 Å². The average molecular weight is 261 g/mol. The minimum atomic E-state index is -0.143. The molecule has 19 heavy (non-hydrogen) atoms. The maximum atomic E-state index is 12.0. The minimum Gasteiger partial charge on any atom is -0.325 e. The molecule has 104 valence electrons. The molecule has 1 unspecified atom stereocenters. The molecule has 1 aromatic carbocycles. The van der Waals surface area contributed by atoms with Crippen LogP contribution in [0.2, 0.25) is 0 Å². The van der Waals surface area contributed by atoms with Crippen LogP contribution in [-0.2, 0) is 10.2 Å². The number of hydrogen-bond donors (Lipinski definition) is 3. The van der Waals surface area contributed by atoms with Crippen molar-refractivity contribution in [3.63, 3.8) is 0 Å². The van der Waals surface area contributed by atoms with Crippen molar-refractivity contribution in [2.45, 2.75) is 32.2 Å². The van der Waals surface area contributed by atoms with Crippen molar-refractivity contribution < 1.29 is 4.79 Å². The number of rotatable bonds is 2. The fraction of sp³-hybridized carbons (Fsp3) is 0.533. The van der Waals surface area contributed by atoms with Gasteiger partial charge in [-0.15, -0.1) is 0 Å². The summed E-state index contributed by atoms with van der Waals surface area (Å²) in [4.78, 5) is 12.0.